The molecule has 0 saturated heterocycles. The molecule has 112 valence electrons. The zero-order valence-corrected chi connectivity index (χ0v) is 13.7. The van der Waals surface area contributed by atoms with E-state index in [0.717, 1.165) is 0 Å². The van der Waals surface area contributed by atoms with E-state index >= 15 is 0 Å². The smallest absolute Gasteiger partial charge is 0.238 e. The quantitative estimate of drug-likeness (QED) is 0.831. The van der Waals surface area contributed by atoms with Gasteiger partial charge in [-0.15, -0.1) is 11.3 Å². The molecule has 21 heavy (non-hydrogen) atoms. The Morgan fingerprint density at radius 2 is 2.10 bits per heavy atom. The Kier molecular flexibility index (Phi) is 5.79. The summed E-state index contributed by atoms with van der Waals surface area (Å²) in [6, 6.07) is 11.5. The van der Waals surface area contributed by atoms with Gasteiger partial charge in [0.25, 0.3) is 0 Å². The third-order valence-corrected chi connectivity index (χ3v) is 4.30. The highest BCUT2D eigenvalue weighted by Gasteiger charge is 2.17. The Hall–Kier alpha value is -1.36. The van der Waals surface area contributed by atoms with E-state index in [4.69, 9.17) is 11.6 Å². The van der Waals surface area contributed by atoms with Crippen LogP contribution in [0, 0.1) is 5.92 Å². The zero-order chi connectivity index (χ0) is 15.2. The average Bonchev–Trinajstić information content (AvgIpc) is 2.92. The van der Waals surface area contributed by atoms with Gasteiger partial charge in [-0.05, 0) is 35.6 Å². The number of hydrogen-bond acceptors (Lipinski definition) is 3. The third-order valence-electron chi connectivity index (χ3n) is 3.11. The molecule has 1 atom stereocenters. The highest BCUT2D eigenvalue weighted by Crippen LogP contribution is 2.25. The van der Waals surface area contributed by atoms with E-state index in [9.17, 15) is 4.79 Å². The number of rotatable bonds is 6. The second-order valence-corrected chi connectivity index (χ2v) is 6.59. The molecule has 5 heteroatoms. The van der Waals surface area contributed by atoms with Gasteiger partial charge in [0.1, 0.15) is 0 Å². The van der Waals surface area contributed by atoms with Crippen LogP contribution >= 0.6 is 22.9 Å². The topological polar surface area (TPSA) is 41.1 Å². The highest BCUT2D eigenvalue weighted by molar-refractivity contribution is 7.10. The average molecular weight is 323 g/mol. The van der Waals surface area contributed by atoms with E-state index in [1.165, 1.54) is 4.88 Å². The first-order chi connectivity index (χ1) is 10.1. The van der Waals surface area contributed by atoms with Crippen molar-refractivity contribution >= 4 is 34.5 Å². The van der Waals surface area contributed by atoms with E-state index in [0.29, 0.717) is 16.6 Å². The normalized spacial score (nSPS) is 12.4. The van der Waals surface area contributed by atoms with E-state index < -0.39 is 0 Å². The predicted molar refractivity (Wildman–Crippen MR) is 90.0 cm³/mol. The Labute approximate surface area is 134 Å². The fraction of sp³-hybridized carbons (Fsp3) is 0.312. The largest absolute Gasteiger partial charge is 0.325 e. The Bertz CT molecular complexity index is 584. The van der Waals surface area contributed by atoms with Gasteiger partial charge in [0, 0.05) is 21.6 Å². The summed E-state index contributed by atoms with van der Waals surface area (Å²) in [5.41, 5.74) is 0.714. The van der Waals surface area contributed by atoms with E-state index in [1.54, 1.807) is 23.5 Å². The van der Waals surface area contributed by atoms with Gasteiger partial charge in [0.05, 0.1) is 6.54 Å². The maximum Gasteiger partial charge on any atom is 0.238 e. The van der Waals surface area contributed by atoms with Crippen LogP contribution in [0.3, 0.4) is 0 Å². The van der Waals surface area contributed by atoms with Gasteiger partial charge in [-0.3, -0.25) is 4.79 Å². The molecule has 1 aromatic heterocycles. The van der Waals surface area contributed by atoms with Crippen LogP contribution < -0.4 is 10.6 Å². The molecule has 1 aromatic carbocycles. The number of carbonyl (C=O) groups excluding carboxylic acids is 1. The molecular weight excluding hydrogens is 304 g/mol. The molecule has 0 aliphatic rings. The Balaban J connectivity index is 1.90. The van der Waals surface area contributed by atoms with Gasteiger partial charge < -0.3 is 10.6 Å². The Morgan fingerprint density at radius 3 is 2.71 bits per heavy atom. The van der Waals surface area contributed by atoms with Crippen LogP contribution in [0.1, 0.15) is 24.8 Å². The fourth-order valence-corrected chi connectivity index (χ4v) is 3.27. The summed E-state index contributed by atoms with van der Waals surface area (Å²) in [4.78, 5) is 13.3. The number of anilines is 1. The summed E-state index contributed by atoms with van der Waals surface area (Å²) in [6.45, 7) is 4.56. The minimum Gasteiger partial charge on any atom is -0.325 e. The summed E-state index contributed by atoms with van der Waals surface area (Å²) in [5, 5.41) is 8.83. The van der Waals surface area contributed by atoms with Gasteiger partial charge in [0.2, 0.25) is 5.91 Å². The van der Waals surface area contributed by atoms with Crippen molar-refractivity contribution in [2.24, 2.45) is 5.92 Å². The monoisotopic (exact) mass is 322 g/mol. The van der Waals surface area contributed by atoms with Crippen molar-refractivity contribution in [2.45, 2.75) is 19.9 Å². The molecule has 3 nitrogen and oxygen atoms in total. The number of carbonyl (C=O) groups is 1. The molecule has 0 saturated carbocycles. The minimum atomic E-state index is -0.0699. The van der Waals surface area contributed by atoms with Gasteiger partial charge >= 0.3 is 0 Å². The molecule has 1 amide bonds. The molecule has 1 heterocycles. The molecule has 0 fully saturated rings. The van der Waals surface area contributed by atoms with Gasteiger partial charge in [-0.25, -0.2) is 0 Å². The molecule has 0 bridgehead atoms. The molecule has 0 aliphatic carbocycles. The maximum atomic E-state index is 12.0. The molecule has 2 N–H and O–H groups in total. The molecule has 0 aliphatic heterocycles. The van der Waals surface area contributed by atoms with Crippen molar-refractivity contribution in [1.82, 2.24) is 5.32 Å². The number of hydrogen-bond donors (Lipinski definition) is 2. The van der Waals surface area contributed by atoms with Crippen molar-refractivity contribution < 1.29 is 4.79 Å². The lowest BCUT2D eigenvalue weighted by Crippen LogP contribution is -2.33. The van der Waals surface area contributed by atoms with Gasteiger partial charge in [0.15, 0.2) is 0 Å². The standard InChI is InChI=1S/C16H19ClN2OS/c1-11(2)16(14-7-4-8-21-14)18-10-15(20)19-13-6-3-5-12(17)9-13/h3-9,11,16,18H,10H2,1-2H3,(H,19,20). The lowest BCUT2D eigenvalue weighted by Gasteiger charge is -2.21. The minimum absolute atomic E-state index is 0.0699. The number of halogens is 1. The van der Waals surface area contributed by atoms with Crippen LogP contribution in [-0.2, 0) is 4.79 Å². The van der Waals surface area contributed by atoms with Crippen molar-refractivity contribution in [3.8, 4) is 0 Å². The first-order valence-corrected chi connectivity index (χ1v) is 8.14. The molecule has 2 rings (SSSR count). The van der Waals surface area contributed by atoms with Crippen LogP contribution in [0.5, 0.6) is 0 Å². The fourth-order valence-electron chi connectivity index (χ4n) is 2.11. The second kappa shape index (κ2) is 7.59. The highest BCUT2D eigenvalue weighted by atomic mass is 35.5. The second-order valence-electron chi connectivity index (χ2n) is 5.18. The summed E-state index contributed by atoms with van der Waals surface area (Å²) in [6.07, 6.45) is 0. The summed E-state index contributed by atoms with van der Waals surface area (Å²) < 4.78 is 0. The van der Waals surface area contributed by atoms with E-state index in [-0.39, 0.29) is 18.5 Å². The maximum absolute atomic E-state index is 12.0. The first kappa shape index (κ1) is 16.0. The number of nitrogens with one attached hydrogen (secondary N) is 2. The molecule has 0 spiro atoms. The molecule has 1 unspecified atom stereocenters. The predicted octanol–water partition coefficient (Wildman–Crippen LogP) is 4.33. The first-order valence-electron chi connectivity index (χ1n) is 6.88. The van der Waals surface area contributed by atoms with Crippen molar-refractivity contribution in [1.29, 1.82) is 0 Å². The Morgan fingerprint density at radius 1 is 1.29 bits per heavy atom. The van der Waals surface area contributed by atoms with Crippen molar-refractivity contribution in [3.05, 3.63) is 51.7 Å². The van der Waals surface area contributed by atoms with Crippen molar-refractivity contribution in [2.75, 3.05) is 11.9 Å². The zero-order valence-electron chi connectivity index (χ0n) is 12.1. The van der Waals surface area contributed by atoms with Crippen LogP contribution in [0.15, 0.2) is 41.8 Å². The lowest BCUT2D eigenvalue weighted by atomic mass is 10.0. The summed E-state index contributed by atoms with van der Waals surface area (Å²) in [7, 11) is 0. The summed E-state index contributed by atoms with van der Waals surface area (Å²) in [5.74, 6) is 0.349. The van der Waals surface area contributed by atoms with Crippen molar-refractivity contribution in [3.63, 3.8) is 0 Å². The SMILES string of the molecule is CC(C)C(NCC(=O)Nc1cccc(Cl)c1)c1cccs1. The van der Waals surface area contributed by atoms with Crippen LogP contribution in [0.4, 0.5) is 5.69 Å². The molecule has 2 aromatic rings. The number of thiophene rings is 1. The van der Waals surface area contributed by atoms with Crippen LogP contribution in [0.25, 0.3) is 0 Å². The van der Waals surface area contributed by atoms with Crippen LogP contribution in [-0.4, -0.2) is 12.5 Å². The summed E-state index contributed by atoms with van der Waals surface area (Å²) >= 11 is 7.60. The van der Waals surface area contributed by atoms with Gasteiger partial charge in [-0.1, -0.05) is 37.6 Å². The molecular formula is C16H19ClN2OS. The third kappa shape index (κ3) is 4.84. The van der Waals surface area contributed by atoms with Crippen LogP contribution in [0.2, 0.25) is 5.02 Å². The molecule has 0 radical (unpaired) electrons. The van der Waals surface area contributed by atoms with E-state index in [2.05, 4.69) is 35.9 Å². The van der Waals surface area contributed by atoms with E-state index in [1.807, 2.05) is 18.2 Å². The van der Waals surface area contributed by atoms with Gasteiger partial charge in [-0.2, -0.15) is 0 Å². The lowest BCUT2D eigenvalue weighted by molar-refractivity contribution is -0.115. The number of amides is 1. The number of benzene rings is 1.